The second kappa shape index (κ2) is 7.09. The van der Waals surface area contributed by atoms with Crippen molar-refractivity contribution >= 4 is 17.5 Å². The van der Waals surface area contributed by atoms with Crippen LogP contribution < -0.4 is 10.2 Å². The van der Waals surface area contributed by atoms with Gasteiger partial charge in [0, 0.05) is 25.3 Å². The lowest BCUT2D eigenvalue weighted by Crippen LogP contribution is -2.39. The number of pyridine rings is 2. The van der Waals surface area contributed by atoms with E-state index in [1.54, 1.807) is 6.92 Å². The summed E-state index contributed by atoms with van der Waals surface area (Å²) in [5, 5.41) is 13.0. The van der Waals surface area contributed by atoms with Crippen molar-refractivity contribution in [2.45, 2.75) is 39.7 Å². The Morgan fingerprint density at radius 2 is 1.92 bits per heavy atom. The molecule has 1 saturated heterocycles. The van der Waals surface area contributed by atoms with Gasteiger partial charge in [0.15, 0.2) is 0 Å². The normalized spacial score (nSPS) is 15.2. The Kier molecular flexibility index (Phi) is 4.88. The number of aromatic carboxylic acids is 1. The number of hydrogen-bond acceptors (Lipinski definition) is 5. The fraction of sp³-hybridized carbons (Fsp3) is 0.421. The molecule has 1 aliphatic heterocycles. The number of hydrogen-bond donors (Lipinski definition) is 2. The zero-order valence-corrected chi connectivity index (χ0v) is 14.9. The smallest absolute Gasteiger partial charge is 0.337 e. The van der Waals surface area contributed by atoms with Gasteiger partial charge in [-0.3, -0.25) is 4.98 Å². The van der Waals surface area contributed by atoms with Gasteiger partial charge in [-0.1, -0.05) is 6.07 Å². The first-order chi connectivity index (χ1) is 12.0. The highest BCUT2D eigenvalue weighted by molar-refractivity contribution is 5.92. The van der Waals surface area contributed by atoms with Crippen LogP contribution in [0.4, 0.5) is 11.5 Å². The first kappa shape index (κ1) is 17.2. The third kappa shape index (κ3) is 3.57. The molecule has 0 amide bonds. The lowest BCUT2D eigenvalue weighted by Gasteiger charge is -2.34. The van der Waals surface area contributed by atoms with Gasteiger partial charge in [0.2, 0.25) is 0 Å². The molecule has 0 aromatic carbocycles. The molecule has 0 atom stereocenters. The van der Waals surface area contributed by atoms with Crippen LogP contribution in [0.25, 0.3) is 0 Å². The maximum absolute atomic E-state index is 11.5. The summed E-state index contributed by atoms with van der Waals surface area (Å²) in [7, 11) is 0. The highest BCUT2D eigenvalue weighted by Crippen LogP contribution is 2.27. The summed E-state index contributed by atoms with van der Waals surface area (Å²) in [5.74, 6) is 0.0917. The van der Waals surface area contributed by atoms with Gasteiger partial charge in [-0.05, 0) is 51.3 Å². The number of piperidine rings is 1. The highest BCUT2D eigenvalue weighted by atomic mass is 16.4. The van der Waals surface area contributed by atoms with Crippen molar-refractivity contribution in [1.82, 2.24) is 9.97 Å². The van der Waals surface area contributed by atoms with Crippen LogP contribution >= 0.6 is 0 Å². The molecule has 0 radical (unpaired) electrons. The van der Waals surface area contributed by atoms with Crippen molar-refractivity contribution in [2.24, 2.45) is 0 Å². The van der Waals surface area contributed by atoms with Crippen molar-refractivity contribution < 1.29 is 9.90 Å². The molecule has 25 heavy (non-hydrogen) atoms. The number of carboxylic acids is 1. The van der Waals surface area contributed by atoms with Gasteiger partial charge in [-0.15, -0.1) is 0 Å². The topological polar surface area (TPSA) is 78.3 Å². The molecule has 0 saturated carbocycles. The van der Waals surface area contributed by atoms with E-state index in [0.717, 1.165) is 48.7 Å². The summed E-state index contributed by atoms with van der Waals surface area (Å²) in [6.45, 7) is 7.39. The van der Waals surface area contributed by atoms with Crippen molar-refractivity contribution in [2.75, 3.05) is 23.3 Å². The number of nitrogens with one attached hydrogen (secondary N) is 1. The fourth-order valence-corrected chi connectivity index (χ4v) is 3.56. The number of carboxylic acid groups (broad SMARTS) is 1. The van der Waals surface area contributed by atoms with Crippen LogP contribution in [-0.4, -0.2) is 40.2 Å². The van der Waals surface area contributed by atoms with Gasteiger partial charge >= 0.3 is 5.97 Å². The zero-order chi connectivity index (χ0) is 18.0. The standard InChI is InChI=1S/C19H24N4O2/c1-12-17(19(24)25)13(2)21-14(3)18(12)22-15-7-10-23(11-8-15)16-6-4-5-9-20-16/h4-6,9,15,22H,7-8,10-11H2,1-3H3,(H,24,25). The third-order valence-corrected chi connectivity index (χ3v) is 4.84. The molecule has 1 aliphatic rings. The molecular formula is C19H24N4O2. The van der Waals surface area contributed by atoms with Gasteiger partial charge in [0.05, 0.1) is 22.6 Å². The average Bonchev–Trinajstić information content (AvgIpc) is 2.59. The average molecular weight is 340 g/mol. The van der Waals surface area contributed by atoms with E-state index in [1.807, 2.05) is 38.2 Å². The number of rotatable bonds is 4. The van der Waals surface area contributed by atoms with Crippen LogP contribution in [0, 0.1) is 20.8 Å². The highest BCUT2D eigenvalue weighted by Gasteiger charge is 2.23. The van der Waals surface area contributed by atoms with E-state index in [9.17, 15) is 9.90 Å². The molecule has 2 aromatic heterocycles. The molecule has 2 aromatic rings. The first-order valence-electron chi connectivity index (χ1n) is 8.61. The van der Waals surface area contributed by atoms with Crippen LogP contribution in [0.2, 0.25) is 0 Å². The van der Waals surface area contributed by atoms with Crippen LogP contribution in [0.1, 0.15) is 40.2 Å². The number of anilines is 2. The summed E-state index contributed by atoms with van der Waals surface area (Å²) in [6, 6.07) is 6.27. The van der Waals surface area contributed by atoms with Crippen LogP contribution in [-0.2, 0) is 0 Å². The van der Waals surface area contributed by atoms with Gasteiger partial charge in [0.1, 0.15) is 5.82 Å². The Morgan fingerprint density at radius 1 is 1.20 bits per heavy atom. The quantitative estimate of drug-likeness (QED) is 0.890. The summed E-state index contributed by atoms with van der Waals surface area (Å²) in [4.78, 5) is 22.6. The molecular weight excluding hydrogens is 316 g/mol. The molecule has 1 fully saturated rings. The Morgan fingerprint density at radius 3 is 2.52 bits per heavy atom. The molecule has 6 heteroatoms. The monoisotopic (exact) mass is 340 g/mol. The summed E-state index contributed by atoms with van der Waals surface area (Å²) in [6.07, 6.45) is 3.77. The molecule has 132 valence electrons. The van der Waals surface area contributed by atoms with E-state index >= 15 is 0 Å². The van der Waals surface area contributed by atoms with E-state index in [1.165, 1.54) is 0 Å². The summed E-state index contributed by atoms with van der Waals surface area (Å²) >= 11 is 0. The lowest BCUT2D eigenvalue weighted by molar-refractivity contribution is 0.0695. The fourth-order valence-electron chi connectivity index (χ4n) is 3.56. The Hall–Kier alpha value is -2.63. The van der Waals surface area contributed by atoms with Crippen LogP contribution in [0.3, 0.4) is 0 Å². The maximum Gasteiger partial charge on any atom is 0.337 e. The Labute approximate surface area is 147 Å². The molecule has 3 heterocycles. The predicted molar refractivity (Wildman–Crippen MR) is 98.5 cm³/mol. The molecule has 0 aliphatic carbocycles. The van der Waals surface area contributed by atoms with Crippen LogP contribution in [0.15, 0.2) is 24.4 Å². The molecule has 0 spiro atoms. The minimum absolute atomic E-state index is 0.305. The van der Waals surface area contributed by atoms with Gasteiger partial charge in [-0.2, -0.15) is 0 Å². The summed E-state index contributed by atoms with van der Waals surface area (Å²) < 4.78 is 0. The molecule has 0 bridgehead atoms. The molecule has 6 nitrogen and oxygen atoms in total. The Bertz CT molecular complexity index is 769. The third-order valence-electron chi connectivity index (χ3n) is 4.84. The van der Waals surface area contributed by atoms with Crippen molar-refractivity contribution in [3.05, 3.63) is 46.9 Å². The lowest BCUT2D eigenvalue weighted by atomic mass is 10.0. The molecule has 3 rings (SSSR count). The van der Waals surface area contributed by atoms with E-state index < -0.39 is 5.97 Å². The van der Waals surface area contributed by atoms with Crippen LogP contribution in [0.5, 0.6) is 0 Å². The summed E-state index contributed by atoms with van der Waals surface area (Å²) in [5.41, 5.74) is 3.35. The van der Waals surface area contributed by atoms with Crippen molar-refractivity contribution in [3.63, 3.8) is 0 Å². The molecule has 0 unspecified atom stereocenters. The number of carbonyl (C=O) groups is 1. The van der Waals surface area contributed by atoms with E-state index in [-0.39, 0.29) is 0 Å². The van der Waals surface area contributed by atoms with E-state index in [2.05, 4.69) is 20.2 Å². The largest absolute Gasteiger partial charge is 0.478 e. The minimum atomic E-state index is -0.921. The Balaban J connectivity index is 1.72. The second-order valence-electron chi connectivity index (χ2n) is 6.56. The van der Waals surface area contributed by atoms with Gasteiger partial charge < -0.3 is 15.3 Å². The van der Waals surface area contributed by atoms with E-state index in [0.29, 0.717) is 17.3 Å². The number of aromatic nitrogens is 2. The second-order valence-corrected chi connectivity index (χ2v) is 6.56. The predicted octanol–water partition coefficient (Wildman–Crippen LogP) is 3.18. The number of nitrogens with zero attached hydrogens (tertiary/aromatic N) is 3. The van der Waals surface area contributed by atoms with Gasteiger partial charge in [0.25, 0.3) is 0 Å². The zero-order valence-electron chi connectivity index (χ0n) is 14.9. The number of aryl methyl sites for hydroxylation is 2. The SMILES string of the molecule is Cc1nc(C)c(C(=O)O)c(C)c1NC1CCN(c2ccccn2)CC1. The van der Waals surface area contributed by atoms with Gasteiger partial charge in [-0.25, -0.2) is 9.78 Å². The maximum atomic E-state index is 11.5. The first-order valence-corrected chi connectivity index (χ1v) is 8.61. The molecule has 2 N–H and O–H groups in total. The van der Waals surface area contributed by atoms with E-state index in [4.69, 9.17) is 0 Å². The minimum Gasteiger partial charge on any atom is -0.478 e. The van der Waals surface area contributed by atoms with Crippen molar-refractivity contribution in [1.29, 1.82) is 0 Å². The van der Waals surface area contributed by atoms with Crippen molar-refractivity contribution in [3.8, 4) is 0 Å².